The molecule has 234 valence electrons. The van der Waals surface area contributed by atoms with Gasteiger partial charge in [-0.15, -0.1) is 0 Å². The van der Waals surface area contributed by atoms with Gasteiger partial charge in [-0.05, 0) is 147 Å². The van der Waals surface area contributed by atoms with E-state index >= 15 is 0 Å². The van der Waals surface area contributed by atoms with Gasteiger partial charge in [0.25, 0.3) is 10.0 Å². The maximum atomic E-state index is 13.4. The first kappa shape index (κ1) is 34.5. The van der Waals surface area contributed by atoms with Gasteiger partial charge in [0.15, 0.2) is 0 Å². The van der Waals surface area contributed by atoms with Crippen LogP contribution < -0.4 is 9.04 Å². The molecule has 0 fully saturated rings. The minimum Gasteiger partial charge on any atom is -0.487 e. The molecule has 0 saturated heterocycles. The summed E-state index contributed by atoms with van der Waals surface area (Å²) in [4.78, 5) is 12.2. The number of rotatable bonds is 12. The second-order valence-electron chi connectivity index (χ2n) is 12.2. The number of hydrogen-bond acceptors (Lipinski definition) is 4. The first-order chi connectivity index (χ1) is 20.1. The van der Waals surface area contributed by atoms with Gasteiger partial charge < -0.3 is 9.84 Å². The van der Waals surface area contributed by atoms with Crippen LogP contribution in [0.2, 0.25) is 5.02 Å². The average molecular weight is 628 g/mol. The fourth-order valence-electron chi connectivity index (χ4n) is 5.36. The molecule has 3 rings (SSSR count). The van der Waals surface area contributed by atoms with Crippen LogP contribution in [0.3, 0.4) is 0 Å². The summed E-state index contributed by atoms with van der Waals surface area (Å²) in [5.74, 6) is 0.721. The fourth-order valence-corrected chi connectivity index (χ4v) is 6.83. The number of allylic oxidation sites excluding steroid dienone is 6. The summed E-state index contributed by atoms with van der Waals surface area (Å²) in [5.41, 5.74) is 6.03. The van der Waals surface area contributed by atoms with E-state index in [0.717, 1.165) is 61.8 Å². The third-order valence-electron chi connectivity index (χ3n) is 8.19. The molecule has 1 aliphatic rings. The third-order valence-corrected chi connectivity index (χ3v) is 10.1. The van der Waals surface area contributed by atoms with Gasteiger partial charge in [0.2, 0.25) is 0 Å². The van der Waals surface area contributed by atoms with Crippen LogP contribution in [-0.2, 0) is 16.4 Å². The van der Waals surface area contributed by atoms with Gasteiger partial charge in [-0.1, -0.05) is 46.5 Å². The number of halogens is 1. The summed E-state index contributed by atoms with van der Waals surface area (Å²) in [6.07, 6.45) is 12.8. The molecule has 0 aromatic heterocycles. The van der Waals surface area contributed by atoms with Crippen LogP contribution in [-0.4, -0.2) is 25.2 Å². The molecule has 0 spiro atoms. The van der Waals surface area contributed by atoms with Crippen molar-refractivity contribution in [3.05, 3.63) is 87.0 Å². The number of nitrogens with zero attached hydrogens (tertiary/aromatic N) is 1. The number of anilines is 1. The Morgan fingerprint density at radius 3 is 2.14 bits per heavy atom. The second-order valence-corrected chi connectivity index (χ2v) is 14.4. The van der Waals surface area contributed by atoms with Crippen molar-refractivity contribution < 1.29 is 23.1 Å². The molecule has 6 nitrogen and oxygen atoms in total. The molecular weight excluding hydrogens is 582 g/mol. The number of carboxylic acid groups (broad SMARTS) is 1. The van der Waals surface area contributed by atoms with Crippen LogP contribution in [0.5, 0.6) is 5.75 Å². The number of benzene rings is 2. The molecule has 0 saturated carbocycles. The quantitative estimate of drug-likeness (QED) is 0.237. The number of sulfonamides is 1. The Labute approximate surface area is 263 Å². The fraction of sp³-hybridized carbons (Fsp3) is 0.457. The Bertz CT molecular complexity index is 1520. The predicted molar refractivity (Wildman–Crippen MR) is 177 cm³/mol. The molecule has 43 heavy (non-hydrogen) atoms. The summed E-state index contributed by atoms with van der Waals surface area (Å²) >= 11 is 5.92. The summed E-state index contributed by atoms with van der Waals surface area (Å²) < 4.78 is 33.9. The summed E-state index contributed by atoms with van der Waals surface area (Å²) in [5, 5.41) is 10.4. The van der Waals surface area contributed by atoms with E-state index in [1.807, 2.05) is 6.92 Å². The van der Waals surface area contributed by atoms with Crippen molar-refractivity contribution in [1.82, 2.24) is 0 Å². The van der Waals surface area contributed by atoms with E-state index in [1.165, 1.54) is 41.0 Å². The van der Waals surface area contributed by atoms with E-state index in [2.05, 4.69) is 52.8 Å². The molecule has 1 heterocycles. The Hall–Kier alpha value is -3.03. The molecule has 1 atom stereocenters. The number of hydrogen-bond donors (Lipinski definition) is 1. The van der Waals surface area contributed by atoms with Crippen molar-refractivity contribution in [3.63, 3.8) is 0 Å². The first-order valence-corrected chi connectivity index (χ1v) is 16.8. The second kappa shape index (κ2) is 14.6. The molecule has 1 N–H and O–H groups in total. The lowest BCUT2D eigenvalue weighted by molar-refractivity contribution is 0.0562. The number of aryl methyl sites for hydroxylation is 1. The molecule has 2 aromatic carbocycles. The van der Waals surface area contributed by atoms with Gasteiger partial charge in [-0.2, -0.15) is 4.31 Å². The van der Waals surface area contributed by atoms with Crippen molar-refractivity contribution in [2.24, 2.45) is 0 Å². The summed E-state index contributed by atoms with van der Waals surface area (Å²) in [6.45, 7) is 14.4. The SMILES string of the molecule is CC(C)=CCCC(C)=CCCC(C)=CCC[C@]1(C)CCc2cc(N(C(=O)O)S(=O)(=O)c3ccc(Cl)cc3)c(C)c(C)c2O1. The van der Waals surface area contributed by atoms with Crippen molar-refractivity contribution in [2.75, 3.05) is 4.31 Å². The molecule has 1 amide bonds. The zero-order chi connectivity index (χ0) is 31.9. The largest absolute Gasteiger partial charge is 0.487 e. The molecule has 2 aromatic rings. The minimum absolute atomic E-state index is 0.116. The van der Waals surface area contributed by atoms with Gasteiger partial charge in [0, 0.05) is 5.02 Å². The highest BCUT2D eigenvalue weighted by molar-refractivity contribution is 7.93. The Morgan fingerprint density at radius 1 is 0.977 bits per heavy atom. The van der Waals surface area contributed by atoms with Gasteiger partial charge in [0.05, 0.1) is 10.6 Å². The zero-order valence-electron chi connectivity index (χ0n) is 26.6. The van der Waals surface area contributed by atoms with E-state index in [4.69, 9.17) is 16.3 Å². The molecule has 1 aliphatic heterocycles. The smallest absolute Gasteiger partial charge is 0.426 e. The van der Waals surface area contributed by atoms with Gasteiger partial charge in [0.1, 0.15) is 11.4 Å². The monoisotopic (exact) mass is 627 g/mol. The lowest BCUT2D eigenvalue weighted by Gasteiger charge is -2.38. The van der Waals surface area contributed by atoms with Crippen LogP contribution in [0.4, 0.5) is 10.5 Å². The lowest BCUT2D eigenvalue weighted by Crippen LogP contribution is -2.38. The number of fused-ring (bicyclic) bond motifs is 1. The van der Waals surface area contributed by atoms with Crippen molar-refractivity contribution in [3.8, 4) is 5.75 Å². The van der Waals surface area contributed by atoms with Crippen molar-refractivity contribution >= 4 is 33.4 Å². The Kier molecular flexibility index (Phi) is 11.7. The van der Waals surface area contributed by atoms with E-state index < -0.39 is 16.1 Å². The zero-order valence-corrected chi connectivity index (χ0v) is 28.2. The average Bonchev–Trinajstić information content (AvgIpc) is 2.92. The normalized spacial score (nSPS) is 17.2. The highest BCUT2D eigenvalue weighted by Gasteiger charge is 2.37. The van der Waals surface area contributed by atoms with Crippen LogP contribution >= 0.6 is 11.6 Å². The van der Waals surface area contributed by atoms with Gasteiger partial charge in [-0.25, -0.2) is 13.2 Å². The molecule has 0 unspecified atom stereocenters. The maximum Gasteiger partial charge on any atom is 0.426 e. The van der Waals surface area contributed by atoms with Crippen molar-refractivity contribution in [2.45, 2.75) is 110 Å². The Balaban J connectivity index is 1.71. The molecule has 8 heteroatoms. The van der Waals surface area contributed by atoms with E-state index in [0.29, 0.717) is 21.3 Å². The van der Waals surface area contributed by atoms with Crippen molar-refractivity contribution in [1.29, 1.82) is 0 Å². The first-order valence-electron chi connectivity index (χ1n) is 14.9. The minimum atomic E-state index is -4.38. The van der Waals surface area contributed by atoms with E-state index in [1.54, 1.807) is 13.0 Å². The lowest BCUT2D eigenvalue weighted by atomic mass is 9.86. The molecule has 0 radical (unpaired) electrons. The standard InChI is InChI=1S/C35H46ClNO5S/c1-24(2)11-8-12-25(3)13-9-14-26(4)15-10-21-35(7)22-20-29-23-32(27(5)28(6)33(29)42-35)37(34(38)39)43(40,41)31-18-16-30(36)17-19-31/h11,13,15-19,23H,8-10,12,14,20-22H2,1-7H3,(H,38,39)/t35-/m1/s1. The Morgan fingerprint density at radius 2 is 1.56 bits per heavy atom. The topological polar surface area (TPSA) is 83.9 Å². The van der Waals surface area contributed by atoms with E-state index in [-0.39, 0.29) is 16.2 Å². The highest BCUT2D eigenvalue weighted by atomic mass is 35.5. The number of carbonyl (C=O) groups is 1. The highest BCUT2D eigenvalue weighted by Crippen LogP contribution is 2.43. The number of amides is 1. The molecule has 0 bridgehead atoms. The van der Waals surface area contributed by atoms with E-state index in [9.17, 15) is 18.3 Å². The molecular formula is C35H46ClNO5S. The number of ether oxygens (including phenoxy) is 1. The maximum absolute atomic E-state index is 13.4. The molecule has 0 aliphatic carbocycles. The predicted octanol–water partition coefficient (Wildman–Crippen LogP) is 10.1. The van der Waals surface area contributed by atoms with Crippen LogP contribution in [0.25, 0.3) is 0 Å². The summed E-state index contributed by atoms with van der Waals surface area (Å²) in [6, 6.07) is 7.12. The van der Waals surface area contributed by atoms with Crippen LogP contribution in [0.15, 0.2) is 70.2 Å². The third kappa shape index (κ3) is 8.99. The van der Waals surface area contributed by atoms with Gasteiger partial charge in [-0.3, -0.25) is 0 Å². The van der Waals surface area contributed by atoms with Crippen LogP contribution in [0.1, 0.15) is 96.3 Å². The van der Waals surface area contributed by atoms with Crippen LogP contribution in [0, 0.1) is 13.8 Å². The van der Waals surface area contributed by atoms with Gasteiger partial charge >= 0.3 is 6.09 Å². The summed E-state index contributed by atoms with van der Waals surface area (Å²) in [7, 11) is -4.38.